The average Bonchev–Trinajstić information content (AvgIpc) is 2.88. The van der Waals surface area contributed by atoms with Gasteiger partial charge in [0.05, 0.1) is 24.1 Å². The minimum absolute atomic E-state index is 0.346. The fourth-order valence-corrected chi connectivity index (χ4v) is 2.32. The number of rotatable bonds is 4. The van der Waals surface area contributed by atoms with Crippen molar-refractivity contribution in [3.05, 3.63) is 35.5 Å². The molecular formula is C13H13NO3S. The Morgan fingerprint density at radius 1 is 1.33 bits per heavy atom. The second-order valence-corrected chi connectivity index (χ2v) is 4.33. The zero-order chi connectivity index (χ0) is 13.0. The fourth-order valence-electron chi connectivity index (χ4n) is 1.54. The number of ether oxygens (including phenoxy) is 2. The first-order chi connectivity index (χ1) is 8.76. The number of benzene rings is 1. The normalized spacial score (nSPS) is 10.1. The van der Waals surface area contributed by atoms with Crippen LogP contribution >= 0.6 is 11.3 Å². The molecule has 0 amide bonds. The molecule has 0 aliphatic rings. The zero-order valence-electron chi connectivity index (χ0n) is 10.2. The van der Waals surface area contributed by atoms with Gasteiger partial charge in [-0.1, -0.05) is 0 Å². The van der Waals surface area contributed by atoms with E-state index in [0.29, 0.717) is 12.3 Å². The predicted molar refractivity (Wildman–Crippen MR) is 70.1 cm³/mol. The van der Waals surface area contributed by atoms with Crippen LogP contribution in [0.15, 0.2) is 29.8 Å². The van der Waals surface area contributed by atoms with Gasteiger partial charge in [0.15, 0.2) is 5.69 Å². The molecule has 2 aromatic rings. The molecule has 2 rings (SSSR count). The molecule has 1 heterocycles. The summed E-state index contributed by atoms with van der Waals surface area (Å²) in [6, 6.07) is 7.50. The molecule has 1 aromatic carbocycles. The second kappa shape index (κ2) is 5.64. The smallest absolute Gasteiger partial charge is 0.358 e. The third kappa shape index (κ3) is 2.51. The number of nitrogens with zero attached hydrogens (tertiary/aromatic N) is 1. The molecule has 1 aromatic heterocycles. The molecular weight excluding hydrogens is 250 g/mol. The van der Waals surface area contributed by atoms with Gasteiger partial charge in [0, 0.05) is 0 Å². The molecule has 0 N–H and O–H groups in total. The lowest BCUT2D eigenvalue weighted by molar-refractivity contribution is 0.0521. The average molecular weight is 263 g/mol. The Bertz CT molecular complexity index is 533. The summed E-state index contributed by atoms with van der Waals surface area (Å²) >= 11 is 1.42. The summed E-state index contributed by atoms with van der Waals surface area (Å²) in [5.41, 5.74) is 2.94. The first-order valence-corrected chi connectivity index (χ1v) is 6.39. The highest BCUT2D eigenvalue weighted by atomic mass is 32.1. The number of carbonyl (C=O) groups excluding carboxylic acids is 1. The van der Waals surface area contributed by atoms with Crippen molar-refractivity contribution in [2.45, 2.75) is 6.92 Å². The van der Waals surface area contributed by atoms with Crippen LogP contribution in [0.25, 0.3) is 10.4 Å². The van der Waals surface area contributed by atoms with Crippen molar-refractivity contribution in [3.8, 4) is 16.2 Å². The van der Waals surface area contributed by atoms with E-state index in [-0.39, 0.29) is 5.97 Å². The monoisotopic (exact) mass is 263 g/mol. The summed E-state index contributed by atoms with van der Waals surface area (Å²) in [5, 5.41) is 0. The summed E-state index contributed by atoms with van der Waals surface area (Å²) < 4.78 is 10.1. The number of esters is 1. The lowest BCUT2D eigenvalue weighted by atomic mass is 10.1. The van der Waals surface area contributed by atoms with Crippen LogP contribution in [0.3, 0.4) is 0 Å². The van der Waals surface area contributed by atoms with Gasteiger partial charge < -0.3 is 9.47 Å². The third-order valence-electron chi connectivity index (χ3n) is 2.39. The highest BCUT2D eigenvalue weighted by Gasteiger charge is 2.17. The van der Waals surface area contributed by atoms with Gasteiger partial charge in [-0.3, -0.25) is 0 Å². The molecule has 0 atom stereocenters. The van der Waals surface area contributed by atoms with E-state index >= 15 is 0 Å². The minimum atomic E-state index is -0.385. The lowest BCUT2D eigenvalue weighted by Gasteiger charge is -2.04. The Hall–Kier alpha value is -1.88. The Kier molecular flexibility index (Phi) is 3.94. The van der Waals surface area contributed by atoms with Gasteiger partial charge >= 0.3 is 5.97 Å². The van der Waals surface area contributed by atoms with Crippen molar-refractivity contribution in [2.75, 3.05) is 13.7 Å². The van der Waals surface area contributed by atoms with Crippen LogP contribution in [0.4, 0.5) is 0 Å². The van der Waals surface area contributed by atoms with Crippen LogP contribution in [0.2, 0.25) is 0 Å². The molecule has 0 spiro atoms. The van der Waals surface area contributed by atoms with Crippen LogP contribution in [-0.2, 0) is 4.74 Å². The topological polar surface area (TPSA) is 48.4 Å². The second-order valence-electron chi connectivity index (χ2n) is 3.48. The first-order valence-electron chi connectivity index (χ1n) is 5.51. The van der Waals surface area contributed by atoms with E-state index in [1.54, 1.807) is 19.5 Å². The summed E-state index contributed by atoms with van der Waals surface area (Å²) in [6.07, 6.45) is 0. The predicted octanol–water partition coefficient (Wildman–Crippen LogP) is 3.00. The SMILES string of the molecule is CCOC(=O)c1ncsc1-c1ccc(OC)cc1. The van der Waals surface area contributed by atoms with Crippen molar-refractivity contribution in [3.63, 3.8) is 0 Å². The fraction of sp³-hybridized carbons (Fsp3) is 0.231. The van der Waals surface area contributed by atoms with E-state index in [0.717, 1.165) is 16.2 Å². The van der Waals surface area contributed by atoms with E-state index < -0.39 is 0 Å². The molecule has 0 radical (unpaired) electrons. The van der Waals surface area contributed by atoms with Gasteiger partial charge in [0.1, 0.15) is 5.75 Å². The highest BCUT2D eigenvalue weighted by Crippen LogP contribution is 2.29. The van der Waals surface area contributed by atoms with Gasteiger partial charge in [-0.05, 0) is 36.8 Å². The van der Waals surface area contributed by atoms with E-state index in [1.165, 1.54) is 11.3 Å². The molecule has 18 heavy (non-hydrogen) atoms. The number of thiazole rings is 1. The van der Waals surface area contributed by atoms with Crippen molar-refractivity contribution in [2.24, 2.45) is 0 Å². The van der Waals surface area contributed by atoms with Gasteiger partial charge in [0.2, 0.25) is 0 Å². The zero-order valence-corrected chi connectivity index (χ0v) is 11.0. The maximum absolute atomic E-state index is 11.7. The highest BCUT2D eigenvalue weighted by molar-refractivity contribution is 7.13. The van der Waals surface area contributed by atoms with Gasteiger partial charge in [-0.25, -0.2) is 9.78 Å². The minimum Gasteiger partial charge on any atom is -0.497 e. The van der Waals surface area contributed by atoms with E-state index in [2.05, 4.69) is 4.98 Å². The van der Waals surface area contributed by atoms with E-state index in [9.17, 15) is 4.79 Å². The largest absolute Gasteiger partial charge is 0.497 e. The Morgan fingerprint density at radius 2 is 2.06 bits per heavy atom. The Morgan fingerprint density at radius 3 is 2.67 bits per heavy atom. The molecule has 94 valence electrons. The van der Waals surface area contributed by atoms with Gasteiger partial charge in [-0.2, -0.15) is 0 Å². The molecule has 0 fully saturated rings. The summed E-state index contributed by atoms with van der Waals surface area (Å²) in [7, 11) is 1.62. The van der Waals surface area contributed by atoms with Gasteiger partial charge in [-0.15, -0.1) is 11.3 Å². The van der Waals surface area contributed by atoms with Crippen molar-refractivity contribution >= 4 is 17.3 Å². The van der Waals surface area contributed by atoms with Crippen LogP contribution in [0, 0.1) is 0 Å². The van der Waals surface area contributed by atoms with E-state index in [4.69, 9.17) is 9.47 Å². The molecule has 0 unspecified atom stereocenters. The van der Waals surface area contributed by atoms with Crippen LogP contribution in [-0.4, -0.2) is 24.7 Å². The summed E-state index contributed by atoms with van der Waals surface area (Å²) in [4.78, 5) is 16.6. The Balaban J connectivity index is 2.32. The third-order valence-corrected chi connectivity index (χ3v) is 3.26. The standard InChI is InChI=1S/C13H13NO3S/c1-3-17-13(15)11-12(18-8-14-11)9-4-6-10(16-2)7-5-9/h4-8H,3H2,1-2H3. The van der Waals surface area contributed by atoms with Crippen molar-refractivity contribution in [1.82, 2.24) is 4.98 Å². The molecule has 5 heteroatoms. The number of hydrogen-bond donors (Lipinski definition) is 0. The number of carbonyl (C=O) groups is 1. The molecule has 4 nitrogen and oxygen atoms in total. The van der Waals surface area contributed by atoms with Crippen molar-refractivity contribution in [1.29, 1.82) is 0 Å². The lowest BCUT2D eigenvalue weighted by Crippen LogP contribution is -2.06. The quantitative estimate of drug-likeness (QED) is 0.796. The van der Waals surface area contributed by atoms with Crippen molar-refractivity contribution < 1.29 is 14.3 Å². The molecule has 0 saturated carbocycles. The molecule has 0 aliphatic carbocycles. The maximum atomic E-state index is 11.7. The van der Waals surface area contributed by atoms with Gasteiger partial charge in [0.25, 0.3) is 0 Å². The van der Waals surface area contributed by atoms with Crippen LogP contribution < -0.4 is 4.74 Å². The Labute approximate surface area is 109 Å². The van der Waals surface area contributed by atoms with E-state index in [1.807, 2.05) is 24.3 Å². The number of hydrogen-bond acceptors (Lipinski definition) is 5. The summed E-state index contributed by atoms with van der Waals surface area (Å²) in [6.45, 7) is 2.12. The number of aromatic nitrogens is 1. The number of methoxy groups -OCH3 is 1. The van der Waals surface area contributed by atoms with Crippen LogP contribution in [0.5, 0.6) is 5.75 Å². The molecule has 0 saturated heterocycles. The van der Waals surface area contributed by atoms with Crippen LogP contribution in [0.1, 0.15) is 17.4 Å². The summed E-state index contributed by atoms with van der Waals surface area (Å²) in [5.74, 6) is 0.394. The molecule has 0 aliphatic heterocycles. The maximum Gasteiger partial charge on any atom is 0.358 e. The molecule has 0 bridgehead atoms. The first kappa shape index (κ1) is 12.6.